The summed E-state index contributed by atoms with van der Waals surface area (Å²) in [5.41, 5.74) is 1.92. The monoisotopic (exact) mass is 361 g/mol. The summed E-state index contributed by atoms with van der Waals surface area (Å²) in [6.07, 6.45) is -0.276. The zero-order valence-electron chi connectivity index (χ0n) is 13.5. The van der Waals surface area contributed by atoms with Gasteiger partial charge in [0, 0.05) is 6.54 Å². The van der Waals surface area contributed by atoms with E-state index >= 15 is 0 Å². The van der Waals surface area contributed by atoms with Crippen molar-refractivity contribution < 1.29 is 23.1 Å². The van der Waals surface area contributed by atoms with Crippen LogP contribution < -0.4 is 0 Å². The molecule has 1 fully saturated rings. The van der Waals surface area contributed by atoms with Crippen molar-refractivity contribution in [3.63, 3.8) is 0 Å². The first-order valence-corrected chi connectivity index (χ1v) is 9.39. The number of benzene rings is 2. The van der Waals surface area contributed by atoms with Crippen LogP contribution in [0.1, 0.15) is 6.42 Å². The Labute approximate surface area is 146 Å². The number of nitrogens with zero attached hydrogens (tertiary/aromatic N) is 1. The second-order valence-electron chi connectivity index (χ2n) is 5.83. The number of hydrogen-bond donors (Lipinski definition) is 1. The fourth-order valence-corrected chi connectivity index (χ4v) is 4.50. The standard InChI is InChI=1S/C18H19NO5S/c20-18(21)12-16-13-24-11-10-19(16)25(22,23)17-8-6-15(7-9-17)14-4-2-1-3-5-14/h1-9,16H,10-13H2,(H,20,21)/t16-/m0/s1. The lowest BCUT2D eigenvalue weighted by Gasteiger charge is -2.33. The first-order chi connectivity index (χ1) is 12.0. The largest absolute Gasteiger partial charge is 0.481 e. The van der Waals surface area contributed by atoms with Crippen molar-refractivity contribution >= 4 is 16.0 Å². The third-order valence-electron chi connectivity index (χ3n) is 4.15. The molecule has 6 nitrogen and oxygen atoms in total. The Morgan fingerprint density at radius 2 is 1.72 bits per heavy atom. The molecular weight excluding hydrogens is 342 g/mol. The number of carboxylic acid groups (broad SMARTS) is 1. The topological polar surface area (TPSA) is 83.9 Å². The molecule has 2 aromatic carbocycles. The Kier molecular flexibility index (Phi) is 5.17. The van der Waals surface area contributed by atoms with E-state index in [0.717, 1.165) is 11.1 Å². The lowest BCUT2D eigenvalue weighted by molar-refractivity contribution is -0.139. The smallest absolute Gasteiger partial charge is 0.305 e. The zero-order chi connectivity index (χ0) is 17.9. The molecule has 1 atom stereocenters. The second kappa shape index (κ2) is 7.35. The van der Waals surface area contributed by atoms with Crippen molar-refractivity contribution in [2.24, 2.45) is 0 Å². The molecule has 0 aromatic heterocycles. The van der Waals surface area contributed by atoms with E-state index in [1.807, 2.05) is 30.3 Å². The summed E-state index contributed by atoms with van der Waals surface area (Å²) in [6.45, 7) is 0.506. The summed E-state index contributed by atoms with van der Waals surface area (Å²) in [4.78, 5) is 11.2. The Morgan fingerprint density at radius 3 is 2.36 bits per heavy atom. The lowest BCUT2D eigenvalue weighted by Crippen LogP contribution is -2.49. The predicted octanol–water partition coefficient (Wildman–Crippen LogP) is 2.22. The van der Waals surface area contributed by atoms with Crippen molar-refractivity contribution in [2.75, 3.05) is 19.8 Å². The van der Waals surface area contributed by atoms with Gasteiger partial charge in [0.2, 0.25) is 10.0 Å². The van der Waals surface area contributed by atoms with E-state index in [-0.39, 0.29) is 31.1 Å². The molecule has 25 heavy (non-hydrogen) atoms. The van der Waals surface area contributed by atoms with E-state index in [0.29, 0.717) is 0 Å². The number of morpholine rings is 1. The molecule has 0 radical (unpaired) electrons. The zero-order valence-corrected chi connectivity index (χ0v) is 14.4. The second-order valence-corrected chi connectivity index (χ2v) is 7.72. The molecule has 0 saturated carbocycles. The third-order valence-corrected chi connectivity index (χ3v) is 6.12. The Hall–Kier alpha value is -2.22. The summed E-state index contributed by atoms with van der Waals surface area (Å²) in [5, 5.41) is 9.01. The maximum Gasteiger partial charge on any atom is 0.305 e. The molecule has 0 unspecified atom stereocenters. The van der Waals surface area contributed by atoms with Crippen LogP contribution in [0.15, 0.2) is 59.5 Å². The molecule has 132 valence electrons. The summed E-state index contributed by atoms with van der Waals surface area (Å²) < 4.78 is 32.3. The van der Waals surface area contributed by atoms with Gasteiger partial charge in [0.15, 0.2) is 0 Å². The average molecular weight is 361 g/mol. The van der Waals surface area contributed by atoms with Crippen LogP contribution in [-0.4, -0.2) is 49.6 Å². The van der Waals surface area contributed by atoms with Gasteiger partial charge in [0.1, 0.15) is 0 Å². The molecule has 0 aliphatic carbocycles. The normalized spacial score (nSPS) is 18.8. The highest BCUT2D eigenvalue weighted by Crippen LogP contribution is 2.25. The van der Waals surface area contributed by atoms with Crippen LogP contribution >= 0.6 is 0 Å². The van der Waals surface area contributed by atoms with Crippen LogP contribution in [0.2, 0.25) is 0 Å². The fraction of sp³-hybridized carbons (Fsp3) is 0.278. The Balaban J connectivity index is 1.87. The van der Waals surface area contributed by atoms with E-state index in [2.05, 4.69) is 0 Å². The summed E-state index contributed by atoms with van der Waals surface area (Å²) in [6, 6.07) is 15.6. The van der Waals surface area contributed by atoms with Crippen molar-refractivity contribution in [1.82, 2.24) is 4.31 Å². The van der Waals surface area contributed by atoms with Crippen LogP contribution in [0, 0.1) is 0 Å². The maximum atomic E-state index is 12.9. The highest BCUT2D eigenvalue weighted by Gasteiger charge is 2.35. The lowest BCUT2D eigenvalue weighted by atomic mass is 10.1. The molecule has 1 aliphatic heterocycles. The van der Waals surface area contributed by atoms with Gasteiger partial charge in [-0.2, -0.15) is 4.31 Å². The number of ether oxygens (including phenoxy) is 1. The van der Waals surface area contributed by atoms with Crippen LogP contribution in [0.25, 0.3) is 11.1 Å². The molecular formula is C18H19NO5S. The van der Waals surface area contributed by atoms with Crippen LogP contribution in [0.3, 0.4) is 0 Å². The van der Waals surface area contributed by atoms with Crippen LogP contribution in [0.5, 0.6) is 0 Å². The van der Waals surface area contributed by atoms with Crippen LogP contribution in [0.4, 0.5) is 0 Å². The molecule has 0 bridgehead atoms. The van der Waals surface area contributed by atoms with Crippen LogP contribution in [-0.2, 0) is 19.6 Å². The summed E-state index contributed by atoms with van der Waals surface area (Å²) in [5.74, 6) is -1.05. The number of rotatable bonds is 5. The van der Waals surface area contributed by atoms with Gasteiger partial charge in [0.25, 0.3) is 0 Å². The van der Waals surface area contributed by atoms with Crippen molar-refractivity contribution in [2.45, 2.75) is 17.4 Å². The minimum absolute atomic E-state index is 0.0909. The Morgan fingerprint density at radius 1 is 1.08 bits per heavy atom. The van der Waals surface area contributed by atoms with Crippen molar-refractivity contribution in [1.29, 1.82) is 0 Å². The van der Waals surface area contributed by atoms with Gasteiger partial charge in [-0.15, -0.1) is 0 Å². The number of aliphatic carboxylic acids is 1. The molecule has 1 heterocycles. The molecule has 2 aromatic rings. The van der Waals surface area contributed by atoms with E-state index in [1.54, 1.807) is 24.3 Å². The van der Waals surface area contributed by atoms with Gasteiger partial charge in [-0.05, 0) is 23.3 Å². The number of carbonyl (C=O) groups is 1. The first-order valence-electron chi connectivity index (χ1n) is 7.95. The van der Waals surface area contributed by atoms with Crippen molar-refractivity contribution in [3.05, 3.63) is 54.6 Å². The van der Waals surface area contributed by atoms with Gasteiger partial charge in [-0.1, -0.05) is 42.5 Å². The molecule has 3 rings (SSSR count). The highest BCUT2D eigenvalue weighted by atomic mass is 32.2. The average Bonchev–Trinajstić information content (AvgIpc) is 2.62. The molecule has 0 amide bonds. The van der Waals surface area contributed by atoms with E-state index in [9.17, 15) is 13.2 Å². The van der Waals surface area contributed by atoms with Gasteiger partial charge in [-0.3, -0.25) is 4.79 Å². The van der Waals surface area contributed by atoms with E-state index < -0.39 is 22.0 Å². The maximum absolute atomic E-state index is 12.9. The molecule has 7 heteroatoms. The van der Waals surface area contributed by atoms with Gasteiger partial charge in [0.05, 0.1) is 30.6 Å². The minimum atomic E-state index is -3.77. The molecule has 1 aliphatic rings. The quantitative estimate of drug-likeness (QED) is 0.883. The van der Waals surface area contributed by atoms with Gasteiger partial charge >= 0.3 is 5.97 Å². The predicted molar refractivity (Wildman–Crippen MR) is 92.6 cm³/mol. The number of sulfonamides is 1. The molecule has 1 saturated heterocycles. The number of hydrogen-bond acceptors (Lipinski definition) is 4. The first kappa shape index (κ1) is 17.6. The fourth-order valence-electron chi connectivity index (χ4n) is 2.90. The SMILES string of the molecule is O=C(O)C[C@H]1COCCN1S(=O)(=O)c1ccc(-c2ccccc2)cc1. The van der Waals surface area contributed by atoms with E-state index in [4.69, 9.17) is 9.84 Å². The Bertz CT molecular complexity index is 834. The minimum Gasteiger partial charge on any atom is -0.481 e. The summed E-state index contributed by atoms with van der Waals surface area (Å²) >= 11 is 0. The molecule has 1 N–H and O–H groups in total. The van der Waals surface area contributed by atoms with Gasteiger partial charge < -0.3 is 9.84 Å². The van der Waals surface area contributed by atoms with Gasteiger partial charge in [-0.25, -0.2) is 8.42 Å². The summed E-state index contributed by atoms with van der Waals surface area (Å²) in [7, 11) is -3.77. The third kappa shape index (κ3) is 3.89. The number of carboxylic acids is 1. The van der Waals surface area contributed by atoms with Crippen molar-refractivity contribution in [3.8, 4) is 11.1 Å². The highest BCUT2D eigenvalue weighted by molar-refractivity contribution is 7.89. The molecule has 0 spiro atoms. The van der Waals surface area contributed by atoms with E-state index in [1.165, 1.54) is 4.31 Å².